The maximum atomic E-state index is 12.7. The molecule has 1 atom stereocenters. The molecule has 0 N–H and O–H groups in total. The summed E-state index contributed by atoms with van der Waals surface area (Å²) in [5.41, 5.74) is 0.859. The van der Waals surface area contributed by atoms with E-state index < -0.39 is 10.0 Å². The van der Waals surface area contributed by atoms with Gasteiger partial charge in [0, 0.05) is 17.6 Å². The van der Waals surface area contributed by atoms with E-state index in [9.17, 15) is 13.2 Å². The topological polar surface area (TPSA) is 63.7 Å². The molecule has 21 heavy (non-hydrogen) atoms. The minimum Gasteiger partial charge on any atom is -0.469 e. The third-order valence-corrected chi connectivity index (χ3v) is 6.44. The second-order valence-corrected chi connectivity index (χ2v) is 7.93. The Kier molecular flexibility index (Phi) is 5.06. The molecule has 5 nitrogen and oxygen atoms in total. The number of aryl methyl sites for hydroxylation is 1. The van der Waals surface area contributed by atoms with Crippen LogP contribution in [0.1, 0.15) is 18.4 Å². The van der Waals surface area contributed by atoms with Crippen molar-refractivity contribution in [3.8, 4) is 0 Å². The lowest BCUT2D eigenvalue weighted by atomic mass is 10.0. The van der Waals surface area contributed by atoms with Gasteiger partial charge in [0.15, 0.2) is 0 Å². The van der Waals surface area contributed by atoms with Crippen molar-refractivity contribution in [2.45, 2.75) is 24.7 Å². The highest BCUT2D eigenvalue weighted by Gasteiger charge is 2.33. The molecule has 0 spiro atoms. The Morgan fingerprint density at radius 3 is 2.76 bits per heavy atom. The Labute approximate surface area is 133 Å². The Morgan fingerprint density at radius 1 is 1.43 bits per heavy atom. The summed E-state index contributed by atoms with van der Waals surface area (Å²) >= 11 is 3.36. The van der Waals surface area contributed by atoms with Gasteiger partial charge in [-0.05, 0) is 43.5 Å². The molecule has 0 aromatic heterocycles. The van der Waals surface area contributed by atoms with Crippen LogP contribution in [-0.4, -0.2) is 38.9 Å². The van der Waals surface area contributed by atoms with Crippen LogP contribution in [0, 0.1) is 12.8 Å². The van der Waals surface area contributed by atoms with Crippen LogP contribution in [0.5, 0.6) is 0 Å². The molecule has 1 heterocycles. The van der Waals surface area contributed by atoms with E-state index in [1.165, 1.54) is 11.4 Å². The largest absolute Gasteiger partial charge is 0.469 e. The van der Waals surface area contributed by atoms with Crippen LogP contribution in [0.2, 0.25) is 0 Å². The summed E-state index contributed by atoms with van der Waals surface area (Å²) in [6.45, 7) is 2.46. The normalized spacial score (nSPS) is 20.2. The number of carbonyl (C=O) groups is 1. The van der Waals surface area contributed by atoms with Crippen LogP contribution >= 0.6 is 15.9 Å². The zero-order valence-corrected chi connectivity index (χ0v) is 14.4. The second kappa shape index (κ2) is 6.46. The van der Waals surface area contributed by atoms with E-state index >= 15 is 0 Å². The zero-order chi connectivity index (χ0) is 15.6. The Hall–Kier alpha value is -0.920. The molecule has 1 aromatic carbocycles. The maximum Gasteiger partial charge on any atom is 0.309 e. The molecule has 1 saturated heterocycles. The number of methoxy groups -OCH3 is 1. The molecular formula is C14H18BrNO4S. The Morgan fingerprint density at radius 2 is 2.14 bits per heavy atom. The zero-order valence-electron chi connectivity index (χ0n) is 12.0. The molecule has 1 aliphatic rings. The van der Waals surface area contributed by atoms with Crippen LogP contribution in [-0.2, 0) is 19.6 Å². The monoisotopic (exact) mass is 375 g/mol. The number of esters is 1. The summed E-state index contributed by atoms with van der Waals surface area (Å²) in [4.78, 5) is 11.9. The number of hydrogen-bond acceptors (Lipinski definition) is 4. The number of nitrogens with zero attached hydrogens (tertiary/aromatic N) is 1. The minimum absolute atomic E-state index is 0.185. The molecule has 1 fully saturated rings. The highest BCUT2D eigenvalue weighted by atomic mass is 79.9. The van der Waals surface area contributed by atoms with Crippen molar-refractivity contribution in [3.05, 3.63) is 28.2 Å². The molecule has 2 rings (SSSR count). The maximum absolute atomic E-state index is 12.7. The predicted molar refractivity (Wildman–Crippen MR) is 82.4 cm³/mol. The molecule has 7 heteroatoms. The molecule has 0 bridgehead atoms. The van der Waals surface area contributed by atoms with E-state index in [1.807, 2.05) is 6.92 Å². The van der Waals surface area contributed by atoms with Gasteiger partial charge < -0.3 is 4.74 Å². The molecule has 1 aromatic rings. The van der Waals surface area contributed by atoms with Gasteiger partial charge in [-0.15, -0.1) is 0 Å². The number of halogens is 1. The van der Waals surface area contributed by atoms with E-state index in [0.29, 0.717) is 19.4 Å². The van der Waals surface area contributed by atoms with E-state index in [4.69, 9.17) is 4.74 Å². The molecule has 1 unspecified atom stereocenters. The van der Waals surface area contributed by atoms with E-state index in [2.05, 4.69) is 15.9 Å². The third kappa shape index (κ3) is 3.46. The van der Waals surface area contributed by atoms with Crippen molar-refractivity contribution < 1.29 is 17.9 Å². The fourth-order valence-corrected chi connectivity index (χ4v) is 4.30. The number of hydrogen-bond donors (Lipinski definition) is 0. The molecular weight excluding hydrogens is 358 g/mol. The van der Waals surface area contributed by atoms with Gasteiger partial charge in [-0.25, -0.2) is 8.42 Å². The summed E-state index contributed by atoms with van der Waals surface area (Å²) in [6, 6.07) is 4.94. The second-order valence-electron chi connectivity index (χ2n) is 5.14. The highest BCUT2D eigenvalue weighted by Crippen LogP contribution is 2.26. The first-order chi connectivity index (χ1) is 9.86. The quantitative estimate of drug-likeness (QED) is 0.760. The van der Waals surface area contributed by atoms with Crippen LogP contribution in [0.3, 0.4) is 0 Å². The SMILES string of the molecule is COC(=O)C1CCCN(S(=O)(=O)c2ccc(Br)c(C)c2)C1. The van der Waals surface area contributed by atoms with Crippen molar-refractivity contribution >= 4 is 31.9 Å². The van der Waals surface area contributed by atoms with Gasteiger partial charge in [0.25, 0.3) is 0 Å². The lowest BCUT2D eigenvalue weighted by Crippen LogP contribution is -2.42. The number of piperidine rings is 1. The Balaban J connectivity index is 2.26. The number of sulfonamides is 1. The summed E-state index contributed by atoms with van der Waals surface area (Å²) in [6.07, 6.45) is 1.33. The lowest BCUT2D eigenvalue weighted by molar-refractivity contribution is -0.146. The van der Waals surface area contributed by atoms with Crippen molar-refractivity contribution in [1.82, 2.24) is 4.31 Å². The summed E-state index contributed by atoms with van der Waals surface area (Å²) < 4.78 is 32.3. The van der Waals surface area contributed by atoms with Crippen molar-refractivity contribution in [1.29, 1.82) is 0 Å². The fraction of sp³-hybridized carbons (Fsp3) is 0.500. The van der Waals surface area contributed by atoms with Crippen LogP contribution < -0.4 is 0 Å². The Bertz CT molecular complexity index is 644. The van der Waals surface area contributed by atoms with Crippen molar-refractivity contribution in [2.24, 2.45) is 5.92 Å². The first kappa shape index (κ1) is 16.5. The van der Waals surface area contributed by atoms with Gasteiger partial charge in [-0.2, -0.15) is 4.31 Å². The van der Waals surface area contributed by atoms with E-state index in [0.717, 1.165) is 10.0 Å². The first-order valence-electron chi connectivity index (χ1n) is 6.70. The van der Waals surface area contributed by atoms with Gasteiger partial charge >= 0.3 is 5.97 Å². The predicted octanol–water partition coefficient (Wildman–Crippen LogP) is 2.33. The molecule has 116 valence electrons. The highest BCUT2D eigenvalue weighted by molar-refractivity contribution is 9.10. The van der Waals surface area contributed by atoms with E-state index in [-0.39, 0.29) is 23.3 Å². The van der Waals surface area contributed by atoms with Crippen molar-refractivity contribution in [2.75, 3.05) is 20.2 Å². The molecule has 0 saturated carbocycles. The molecule has 0 radical (unpaired) electrons. The number of rotatable bonds is 3. The van der Waals surface area contributed by atoms with Crippen LogP contribution in [0.25, 0.3) is 0 Å². The van der Waals surface area contributed by atoms with Gasteiger partial charge in [-0.3, -0.25) is 4.79 Å². The van der Waals surface area contributed by atoms with Crippen LogP contribution in [0.4, 0.5) is 0 Å². The number of carbonyl (C=O) groups excluding carboxylic acids is 1. The number of benzene rings is 1. The first-order valence-corrected chi connectivity index (χ1v) is 8.93. The van der Waals surface area contributed by atoms with E-state index in [1.54, 1.807) is 18.2 Å². The fourth-order valence-electron chi connectivity index (χ4n) is 2.45. The summed E-state index contributed by atoms with van der Waals surface area (Å²) in [5, 5.41) is 0. The summed E-state index contributed by atoms with van der Waals surface area (Å²) in [7, 11) is -2.24. The molecule has 0 amide bonds. The average Bonchev–Trinajstić information content (AvgIpc) is 2.49. The molecule has 0 aliphatic carbocycles. The van der Waals surface area contributed by atoms with Gasteiger partial charge in [-0.1, -0.05) is 15.9 Å². The lowest BCUT2D eigenvalue weighted by Gasteiger charge is -2.30. The smallest absolute Gasteiger partial charge is 0.309 e. The molecule has 1 aliphatic heterocycles. The van der Waals surface area contributed by atoms with Gasteiger partial charge in [0.05, 0.1) is 17.9 Å². The van der Waals surface area contributed by atoms with Crippen molar-refractivity contribution in [3.63, 3.8) is 0 Å². The number of ether oxygens (including phenoxy) is 1. The standard InChI is InChI=1S/C14H18BrNO4S/c1-10-8-12(5-6-13(10)15)21(18,19)16-7-3-4-11(9-16)14(17)20-2/h5-6,8,11H,3-4,7,9H2,1-2H3. The third-order valence-electron chi connectivity index (χ3n) is 3.69. The average molecular weight is 376 g/mol. The van der Waals surface area contributed by atoms with Gasteiger partial charge in [0.1, 0.15) is 0 Å². The minimum atomic E-state index is -3.57. The summed E-state index contributed by atoms with van der Waals surface area (Å²) in [5.74, 6) is -0.725. The van der Waals surface area contributed by atoms with Gasteiger partial charge in [0.2, 0.25) is 10.0 Å². The van der Waals surface area contributed by atoms with Crippen LogP contribution in [0.15, 0.2) is 27.6 Å².